The summed E-state index contributed by atoms with van der Waals surface area (Å²) in [5.74, 6) is 0. The van der Waals surface area contributed by atoms with Gasteiger partial charge in [0.1, 0.15) is 16.7 Å². The van der Waals surface area contributed by atoms with Gasteiger partial charge in [-0.2, -0.15) is 10.4 Å². The molecular weight excluding hydrogens is 334 g/mol. The van der Waals surface area contributed by atoms with Crippen molar-refractivity contribution in [2.45, 2.75) is 43.7 Å². The Kier molecular flexibility index (Phi) is 4.62. The van der Waals surface area contributed by atoms with Gasteiger partial charge >= 0.3 is 6.09 Å². The number of halogens is 1. The number of hydrogen-bond acceptors (Lipinski definition) is 6. The highest BCUT2D eigenvalue weighted by Gasteiger charge is 2.37. The summed E-state index contributed by atoms with van der Waals surface area (Å²) < 4.78 is 5.43. The maximum absolute atomic E-state index is 12.1. The molecule has 2 N–H and O–H groups in total. The summed E-state index contributed by atoms with van der Waals surface area (Å²) in [6.07, 6.45) is 4.38. The Hall–Kier alpha value is -2.27. The van der Waals surface area contributed by atoms with Crippen LogP contribution in [0.1, 0.15) is 32.1 Å². The second kappa shape index (κ2) is 6.69. The third kappa shape index (κ3) is 3.31. The Morgan fingerprint density at radius 1 is 1.54 bits per heavy atom. The van der Waals surface area contributed by atoms with Crippen LogP contribution < -0.4 is 15.8 Å². The van der Waals surface area contributed by atoms with Gasteiger partial charge < -0.3 is 15.0 Å². The molecule has 1 aliphatic heterocycles. The summed E-state index contributed by atoms with van der Waals surface area (Å²) >= 11 is 6.00. The first-order valence-electron chi connectivity index (χ1n) is 7.91. The van der Waals surface area contributed by atoms with Crippen LogP contribution in [0, 0.1) is 11.3 Å². The van der Waals surface area contributed by atoms with Gasteiger partial charge in [0.05, 0.1) is 24.5 Å². The molecule has 128 valence electrons. The summed E-state index contributed by atoms with van der Waals surface area (Å²) in [6, 6.07) is 2.20. The number of nitrogens with one attached hydrogen (secondary N) is 2. The third-order valence-electron chi connectivity index (χ3n) is 4.55. The molecule has 0 radical (unpaired) electrons. The van der Waals surface area contributed by atoms with Gasteiger partial charge in [-0.05, 0) is 25.7 Å². The van der Waals surface area contributed by atoms with Gasteiger partial charge in [-0.25, -0.2) is 9.89 Å². The number of amides is 1. The Morgan fingerprint density at radius 2 is 2.29 bits per heavy atom. The Morgan fingerprint density at radius 3 is 3.00 bits per heavy atom. The first-order valence-corrected chi connectivity index (χ1v) is 8.29. The second-order valence-electron chi connectivity index (χ2n) is 6.19. The van der Waals surface area contributed by atoms with Crippen molar-refractivity contribution in [3.63, 3.8) is 0 Å². The fourth-order valence-corrected chi connectivity index (χ4v) is 3.47. The molecular formula is C15H18ClN5O3. The Balaban J connectivity index is 1.58. The normalized spacial score (nSPS) is 22.2. The Bertz CT molecular complexity index is 723. The highest BCUT2D eigenvalue weighted by atomic mass is 35.5. The molecule has 0 bridgehead atoms. The average Bonchev–Trinajstić information content (AvgIpc) is 3.20. The summed E-state index contributed by atoms with van der Waals surface area (Å²) in [5.41, 5.74) is -0.723. The number of hydrogen-bond donors (Lipinski definition) is 2. The molecule has 2 heterocycles. The average molecular weight is 352 g/mol. The smallest absolute Gasteiger partial charge is 0.408 e. The number of aromatic nitrogens is 2. The fourth-order valence-electron chi connectivity index (χ4n) is 3.26. The standard InChI is InChI=1S/C15H18ClN5O3/c16-12-11(7-18-20-13(12)22)21-6-3-10(8-21)24-14(23)19-15(9-17)4-1-2-5-15/h7,10H,1-6,8H2,(H,19,23)(H,20,22)/t10-/m1/s1. The quantitative estimate of drug-likeness (QED) is 0.854. The number of carbonyl (C=O) groups is 1. The summed E-state index contributed by atoms with van der Waals surface area (Å²) in [6.45, 7) is 1.03. The van der Waals surface area contributed by atoms with Gasteiger partial charge in [0.25, 0.3) is 5.56 Å². The van der Waals surface area contributed by atoms with Crippen molar-refractivity contribution < 1.29 is 9.53 Å². The number of ether oxygens (including phenoxy) is 1. The van der Waals surface area contributed by atoms with Gasteiger partial charge in [0.2, 0.25) is 0 Å². The van der Waals surface area contributed by atoms with Crippen molar-refractivity contribution in [2.24, 2.45) is 0 Å². The third-order valence-corrected chi connectivity index (χ3v) is 4.91. The van der Waals surface area contributed by atoms with E-state index in [1.165, 1.54) is 6.20 Å². The van der Waals surface area contributed by atoms with Crippen LogP contribution in [0.3, 0.4) is 0 Å². The molecule has 8 nitrogen and oxygen atoms in total. The lowest BCUT2D eigenvalue weighted by Crippen LogP contribution is -2.46. The van der Waals surface area contributed by atoms with Gasteiger partial charge in [-0.15, -0.1) is 0 Å². The highest BCUT2D eigenvalue weighted by Crippen LogP contribution is 2.29. The largest absolute Gasteiger partial charge is 0.444 e. The topological polar surface area (TPSA) is 111 Å². The molecule has 0 unspecified atom stereocenters. The van der Waals surface area contributed by atoms with E-state index in [9.17, 15) is 14.9 Å². The van der Waals surface area contributed by atoms with Crippen LogP contribution in [0.2, 0.25) is 5.02 Å². The van der Waals surface area contributed by atoms with Gasteiger partial charge in [-0.3, -0.25) is 4.79 Å². The van der Waals surface area contributed by atoms with Crippen LogP contribution in [0.25, 0.3) is 0 Å². The van der Waals surface area contributed by atoms with Crippen LogP contribution in [0.5, 0.6) is 0 Å². The molecule has 1 amide bonds. The molecule has 1 aromatic rings. The van der Waals surface area contributed by atoms with E-state index in [0.717, 1.165) is 12.8 Å². The van der Waals surface area contributed by atoms with E-state index < -0.39 is 17.2 Å². The molecule has 1 atom stereocenters. The van der Waals surface area contributed by atoms with Gasteiger partial charge in [0.15, 0.2) is 0 Å². The second-order valence-corrected chi connectivity index (χ2v) is 6.56. The first kappa shape index (κ1) is 16.6. The highest BCUT2D eigenvalue weighted by molar-refractivity contribution is 6.33. The molecule has 3 rings (SSSR count). The summed E-state index contributed by atoms with van der Waals surface area (Å²) in [7, 11) is 0. The zero-order valence-corrected chi connectivity index (χ0v) is 13.8. The van der Waals surface area contributed by atoms with Gasteiger partial charge in [0, 0.05) is 13.0 Å². The zero-order chi connectivity index (χ0) is 17.2. The van der Waals surface area contributed by atoms with Crippen molar-refractivity contribution in [1.29, 1.82) is 5.26 Å². The van der Waals surface area contributed by atoms with Crippen molar-refractivity contribution in [2.75, 3.05) is 18.0 Å². The minimum absolute atomic E-state index is 0.0736. The fraction of sp³-hybridized carbons (Fsp3) is 0.600. The van der Waals surface area contributed by atoms with Crippen molar-refractivity contribution in [3.05, 3.63) is 21.6 Å². The number of aromatic amines is 1. The van der Waals surface area contributed by atoms with E-state index in [0.29, 0.717) is 38.0 Å². The van der Waals surface area contributed by atoms with Crippen molar-refractivity contribution in [3.8, 4) is 6.07 Å². The SMILES string of the molecule is N#CC1(NC(=O)O[C@@H]2CCN(c3cn[nH]c(=O)c3Cl)C2)CCCC1. The number of rotatable bonds is 3. The van der Waals surface area contributed by atoms with E-state index in [-0.39, 0.29) is 11.1 Å². The molecule has 24 heavy (non-hydrogen) atoms. The minimum Gasteiger partial charge on any atom is -0.444 e. The lowest BCUT2D eigenvalue weighted by Gasteiger charge is -2.23. The van der Waals surface area contributed by atoms with E-state index in [1.54, 1.807) is 0 Å². The molecule has 2 fully saturated rings. The molecule has 9 heteroatoms. The monoisotopic (exact) mass is 351 g/mol. The summed E-state index contributed by atoms with van der Waals surface area (Å²) in [5, 5.41) is 18.1. The zero-order valence-electron chi connectivity index (χ0n) is 13.0. The number of alkyl carbamates (subject to hydrolysis) is 1. The minimum atomic E-state index is -0.796. The van der Waals surface area contributed by atoms with Crippen LogP contribution in [0.15, 0.2) is 11.0 Å². The number of anilines is 1. The van der Waals surface area contributed by atoms with E-state index in [2.05, 4.69) is 21.6 Å². The maximum atomic E-state index is 12.1. The van der Waals surface area contributed by atoms with Crippen LogP contribution in [0.4, 0.5) is 10.5 Å². The molecule has 0 spiro atoms. The lowest BCUT2D eigenvalue weighted by atomic mass is 10.0. The molecule has 1 aromatic heterocycles. The number of carbonyl (C=O) groups excluding carboxylic acids is 1. The Labute approximate surface area is 143 Å². The summed E-state index contributed by atoms with van der Waals surface area (Å²) in [4.78, 5) is 25.5. The van der Waals surface area contributed by atoms with Crippen LogP contribution in [-0.2, 0) is 4.74 Å². The number of nitriles is 1. The predicted octanol–water partition coefficient (Wildman–Crippen LogP) is 1.56. The number of nitrogens with zero attached hydrogens (tertiary/aromatic N) is 3. The molecule has 1 aliphatic carbocycles. The van der Waals surface area contributed by atoms with E-state index in [4.69, 9.17) is 16.3 Å². The lowest BCUT2D eigenvalue weighted by molar-refractivity contribution is 0.101. The molecule has 0 aromatic carbocycles. The van der Waals surface area contributed by atoms with E-state index in [1.807, 2.05) is 4.90 Å². The van der Waals surface area contributed by atoms with E-state index >= 15 is 0 Å². The van der Waals surface area contributed by atoms with Crippen molar-refractivity contribution in [1.82, 2.24) is 15.5 Å². The number of H-pyrrole nitrogens is 1. The first-order chi connectivity index (χ1) is 11.5. The molecule has 2 aliphatic rings. The van der Waals surface area contributed by atoms with Crippen LogP contribution >= 0.6 is 11.6 Å². The van der Waals surface area contributed by atoms with Crippen LogP contribution in [-0.4, -0.2) is 41.0 Å². The molecule has 1 saturated heterocycles. The van der Waals surface area contributed by atoms with Gasteiger partial charge in [-0.1, -0.05) is 11.6 Å². The van der Waals surface area contributed by atoms with Crippen molar-refractivity contribution >= 4 is 23.4 Å². The predicted molar refractivity (Wildman–Crippen MR) is 86.9 cm³/mol. The molecule has 1 saturated carbocycles. The maximum Gasteiger partial charge on any atom is 0.408 e.